The summed E-state index contributed by atoms with van der Waals surface area (Å²) in [6, 6.07) is 1.26. The van der Waals surface area contributed by atoms with Gasteiger partial charge in [0.05, 0.1) is 17.7 Å². The zero-order chi connectivity index (χ0) is 11.5. The van der Waals surface area contributed by atoms with Crippen molar-refractivity contribution in [1.82, 2.24) is 4.98 Å². The van der Waals surface area contributed by atoms with Gasteiger partial charge in [-0.1, -0.05) is 0 Å². The van der Waals surface area contributed by atoms with E-state index in [9.17, 15) is 13.2 Å². The van der Waals surface area contributed by atoms with E-state index in [1.54, 1.807) is 10.9 Å². The van der Waals surface area contributed by atoms with E-state index < -0.39 is 17.5 Å². The van der Waals surface area contributed by atoms with Crippen LogP contribution in [0.2, 0.25) is 0 Å². The Kier molecular flexibility index (Phi) is 3.09. The quantitative estimate of drug-likeness (QED) is 0.897. The Hall–Kier alpha value is -1.56. The highest BCUT2D eigenvalue weighted by atomic mass is 32.1. The van der Waals surface area contributed by atoms with E-state index in [4.69, 9.17) is 0 Å². The number of halogens is 3. The highest BCUT2D eigenvalue weighted by molar-refractivity contribution is 7.07. The molecule has 1 N–H and O–H groups in total. The number of nitrogens with zero attached hydrogens (tertiary/aromatic N) is 1. The number of thiazole rings is 1. The molecular formula is C10H7F3N2S. The van der Waals surface area contributed by atoms with E-state index in [0.29, 0.717) is 17.8 Å². The summed E-state index contributed by atoms with van der Waals surface area (Å²) in [4.78, 5) is 3.95. The number of anilines is 1. The topological polar surface area (TPSA) is 24.9 Å². The number of aromatic nitrogens is 1. The summed E-state index contributed by atoms with van der Waals surface area (Å²) < 4.78 is 39.0. The Morgan fingerprint density at radius 3 is 2.44 bits per heavy atom. The lowest BCUT2D eigenvalue weighted by Gasteiger charge is -2.07. The van der Waals surface area contributed by atoms with Gasteiger partial charge in [0.15, 0.2) is 11.6 Å². The second-order valence-corrected chi connectivity index (χ2v) is 3.80. The van der Waals surface area contributed by atoms with Crippen molar-refractivity contribution in [3.05, 3.63) is 46.2 Å². The van der Waals surface area contributed by atoms with Gasteiger partial charge in [-0.15, -0.1) is 11.3 Å². The highest BCUT2D eigenvalue weighted by Gasteiger charge is 2.11. The van der Waals surface area contributed by atoms with Crippen LogP contribution in [0.3, 0.4) is 0 Å². The van der Waals surface area contributed by atoms with Crippen LogP contribution in [-0.4, -0.2) is 4.98 Å². The third kappa shape index (κ3) is 2.33. The van der Waals surface area contributed by atoms with Crippen LogP contribution in [0.4, 0.5) is 18.9 Å². The van der Waals surface area contributed by atoms with Crippen LogP contribution in [0.15, 0.2) is 23.0 Å². The maximum Gasteiger partial charge on any atom is 0.152 e. The van der Waals surface area contributed by atoms with Crippen LogP contribution in [-0.2, 0) is 6.54 Å². The first-order chi connectivity index (χ1) is 7.66. The van der Waals surface area contributed by atoms with Gasteiger partial charge in [-0.25, -0.2) is 18.2 Å². The predicted molar refractivity (Wildman–Crippen MR) is 55.8 cm³/mol. The summed E-state index contributed by atoms with van der Waals surface area (Å²) in [6.45, 7) is 0.197. The Balaban J connectivity index is 2.15. The normalized spacial score (nSPS) is 10.4. The van der Waals surface area contributed by atoms with Crippen LogP contribution in [0.1, 0.15) is 5.69 Å². The lowest BCUT2D eigenvalue weighted by Crippen LogP contribution is -2.04. The van der Waals surface area contributed by atoms with E-state index in [2.05, 4.69) is 10.3 Å². The molecule has 0 fully saturated rings. The Labute approximate surface area is 93.8 Å². The van der Waals surface area contributed by atoms with E-state index in [-0.39, 0.29) is 12.2 Å². The number of nitrogens with one attached hydrogen (secondary N) is 1. The Morgan fingerprint density at radius 2 is 1.88 bits per heavy atom. The summed E-state index contributed by atoms with van der Waals surface area (Å²) in [5.74, 6) is -2.84. The van der Waals surface area contributed by atoms with Crippen molar-refractivity contribution in [2.45, 2.75) is 6.54 Å². The molecule has 0 unspecified atom stereocenters. The molecule has 0 amide bonds. The van der Waals surface area contributed by atoms with E-state index in [1.807, 2.05) is 0 Å². The number of benzene rings is 1. The summed E-state index contributed by atoms with van der Waals surface area (Å²) in [5.41, 5.74) is 1.96. The molecule has 0 radical (unpaired) electrons. The summed E-state index contributed by atoms with van der Waals surface area (Å²) >= 11 is 1.39. The van der Waals surface area contributed by atoms with Gasteiger partial charge in [0.1, 0.15) is 11.5 Å². The summed E-state index contributed by atoms with van der Waals surface area (Å²) in [5, 5.41) is 4.29. The van der Waals surface area contributed by atoms with Gasteiger partial charge in [0.2, 0.25) is 0 Å². The SMILES string of the molecule is Fc1cc(F)c(NCc2cscn2)c(F)c1. The maximum atomic E-state index is 13.2. The average molecular weight is 244 g/mol. The molecule has 1 heterocycles. The third-order valence-electron chi connectivity index (χ3n) is 1.94. The van der Waals surface area contributed by atoms with Crippen LogP contribution in [0.5, 0.6) is 0 Å². The molecule has 0 aliphatic heterocycles. The van der Waals surface area contributed by atoms with Gasteiger partial charge < -0.3 is 5.32 Å². The Bertz CT molecular complexity index is 462. The van der Waals surface area contributed by atoms with Crippen molar-refractivity contribution in [1.29, 1.82) is 0 Å². The largest absolute Gasteiger partial charge is 0.375 e. The Morgan fingerprint density at radius 1 is 1.19 bits per heavy atom. The molecule has 16 heavy (non-hydrogen) atoms. The third-order valence-corrected chi connectivity index (χ3v) is 2.57. The molecule has 84 valence electrons. The first-order valence-electron chi connectivity index (χ1n) is 4.42. The molecule has 0 aliphatic rings. The van der Waals surface area contributed by atoms with Crippen LogP contribution in [0, 0.1) is 17.5 Å². The smallest absolute Gasteiger partial charge is 0.152 e. The van der Waals surface area contributed by atoms with Crippen molar-refractivity contribution in [2.24, 2.45) is 0 Å². The molecule has 0 bridgehead atoms. The highest BCUT2D eigenvalue weighted by Crippen LogP contribution is 2.20. The zero-order valence-corrected chi connectivity index (χ0v) is 8.82. The average Bonchev–Trinajstić information content (AvgIpc) is 2.68. The fraction of sp³-hybridized carbons (Fsp3) is 0.100. The van der Waals surface area contributed by atoms with Crippen molar-refractivity contribution >= 4 is 17.0 Å². The molecule has 2 aromatic rings. The first kappa shape index (κ1) is 10.9. The van der Waals surface area contributed by atoms with Crippen molar-refractivity contribution < 1.29 is 13.2 Å². The van der Waals surface area contributed by atoms with Gasteiger partial charge in [0.25, 0.3) is 0 Å². The molecule has 2 nitrogen and oxygen atoms in total. The van der Waals surface area contributed by atoms with Crippen LogP contribution >= 0.6 is 11.3 Å². The molecule has 0 saturated heterocycles. The van der Waals surface area contributed by atoms with Crippen LogP contribution < -0.4 is 5.32 Å². The molecular weight excluding hydrogens is 237 g/mol. The number of hydrogen-bond acceptors (Lipinski definition) is 3. The molecule has 1 aromatic heterocycles. The minimum Gasteiger partial charge on any atom is -0.375 e. The van der Waals surface area contributed by atoms with Gasteiger partial charge >= 0.3 is 0 Å². The number of rotatable bonds is 3. The molecule has 0 saturated carbocycles. The standard InChI is InChI=1S/C10H7F3N2S/c11-6-1-8(12)10(9(13)2-6)14-3-7-4-16-5-15-7/h1-2,4-5,14H,3H2. The monoisotopic (exact) mass is 244 g/mol. The summed E-state index contributed by atoms with van der Waals surface area (Å²) in [7, 11) is 0. The van der Waals surface area contributed by atoms with Crippen molar-refractivity contribution in [3.8, 4) is 0 Å². The molecule has 0 spiro atoms. The van der Waals surface area contributed by atoms with E-state index >= 15 is 0 Å². The lowest BCUT2D eigenvalue weighted by molar-refractivity contribution is 0.547. The molecule has 2 rings (SSSR count). The van der Waals surface area contributed by atoms with Crippen LogP contribution in [0.25, 0.3) is 0 Å². The fourth-order valence-electron chi connectivity index (χ4n) is 1.21. The van der Waals surface area contributed by atoms with Gasteiger partial charge in [0, 0.05) is 17.5 Å². The second-order valence-electron chi connectivity index (χ2n) is 3.08. The van der Waals surface area contributed by atoms with Crippen molar-refractivity contribution in [3.63, 3.8) is 0 Å². The van der Waals surface area contributed by atoms with E-state index in [1.165, 1.54) is 11.3 Å². The minimum atomic E-state index is -0.951. The van der Waals surface area contributed by atoms with E-state index in [0.717, 1.165) is 0 Å². The molecule has 0 aliphatic carbocycles. The zero-order valence-electron chi connectivity index (χ0n) is 8.01. The predicted octanol–water partition coefficient (Wildman–Crippen LogP) is 3.17. The van der Waals surface area contributed by atoms with Gasteiger partial charge in [-0.05, 0) is 0 Å². The fourth-order valence-corrected chi connectivity index (χ4v) is 1.77. The maximum absolute atomic E-state index is 13.2. The number of hydrogen-bond donors (Lipinski definition) is 1. The minimum absolute atomic E-state index is 0.197. The lowest BCUT2D eigenvalue weighted by atomic mass is 10.2. The first-order valence-corrected chi connectivity index (χ1v) is 5.36. The van der Waals surface area contributed by atoms with Gasteiger partial charge in [-0.2, -0.15) is 0 Å². The van der Waals surface area contributed by atoms with Crippen molar-refractivity contribution in [2.75, 3.05) is 5.32 Å². The molecule has 1 aromatic carbocycles. The second kappa shape index (κ2) is 4.52. The molecule has 6 heteroatoms. The van der Waals surface area contributed by atoms with Gasteiger partial charge in [-0.3, -0.25) is 0 Å². The molecule has 0 atom stereocenters. The summed E-state index contributed by atoms with van der Waals surface area (Å²) in [6.07, 6.45) is 0.